The highest BCUT2D eigenvalue weighted by atomic mass is 16.5. The normalized spacial score (nSPS) is 15.7. The van der Waals surface area contributed by atoms with Gasteiger partial charge >= 0.3 is 5.97 Å². The quantitative estimate of drug-likeness (QED) is 0.760. The van der Waals surface area contributed by atoms with Gasteiger partial charge in [-0.2, -0.15) is 5.26 Å². The van der Waals surface area contributed by atoms with E-state index in [1.165, 1.54) is 4.90 Å². The average Bonchev–Trinajstić information content (AvgIpc) is 2.72. The van der Waals surface area contributed by atoms with Gasteiger partial charge in [0.05, 0.1) is 12.5 Å². The van der Waals surface area contributed by atoms with Crippen molar-refractivity contribution in [3.05, 3.63) is 48.0 Å². The van der Waals surface area contributed by atoms with Crippen molar-refractivity contribution in [2.24, 2.45) is 0 Å². The number of amides is 1. The molecule has 140 valence electrons. The highest BCUT2D eigenvalue weighted by molar-refractivity contribution is 5.89. The van der Waals surface area contributed by atoms with E-state index in [1.54, 1.807) is 7.05 Å². The van der Waals surface area contributed by atoms with E-state index in [2.05, 4.69) is 6.07 Å². The fourth-order valence-corrected chi connectivity index (χ4v) is 3.79. The van der Waals surface area contributed by atoms with Crippen molar-refractivity contribution < 1.29 is 14.3 Å². The first kappa shape index (κ1) is 18.9. The molecule has 5 heteroatoms. The fourth-order valence-electron chi connectivity index (χ4n) is 3.79. The minimum Gasteiger partial charge on any atom is -0.455 e. The zero-order valence-electron chi connectivity index (χ0n) is 15.6. The third-order valence-corrected chi connectivity index (χ3v) is 5.48. The number of benzene rings is 2. The van der Waals surface area contributed by atoms with Gasteiger partial charge in [0.15, 0.2) is 6.61 Å². The molecule has 2 aromatic rings. The van der Waals surface area contributed by atoms with Crippen LogP contribution in [-0.4, -0.2) is 36.0 Å². The van der Waals surface area contributed by atoms with Crippen LogP contribution in [0.2, 0.25) is 0 Å². The summed E-state index contributed by atoms with van der Waals surface area (Å²) in [5.41, 5.74) is 0.108. The molecule has 0 heterocycles. The van der Waals surface area contributed by atoms with Gasteiger partial charge in [-0.25, -0.2) is 0 Å². The predicted octanol–water partition coefficient (Wildman–Crippen LogP) is 3.61. The molecule has 0 unspecified atom stereocenters. The second-order valence-corrected chi connectivity index (χ2v) is 7.13. The molecule has 0 aliphatic heterocycles. The van der Waals surface area contributed by atoms with Gasteiger partial charge in [0.2, 0.25) is 0 Å². The SMILES string of the molecule is CN(C(=O)COC(=O)Cc1cccc2ccccc12)C1(C#N)CCCCC1. The van der Waals surface area contributed by atoms with Crippen molar-refractivity contribution in [3.63, 3.8) is 0 Å². The summed E-state index contributed by atoms with van der Waals surface area (Å²) in [6.45, 7) is -0.330. The Balaban J connectivity index is 1.60. The molecule has 27 heavy (non-hydrogen) atoms. The number of nitrogens with zero attached hydrogens (tertiary/aromatic N) is 2. The Morgan fingerprint density at radius 1 is 1.11 bits per heavy atom. The lowest BCUT2D eigenvalue weighted by Crippen LogP contribution is -2.51. The Bertz CT molecular complexity index is 873. The van der Waals surface area contributed by atoms with Crippen molar-refractivity contribution in [3.8, 4) is 6.07 Å². The van der Waals surface area contributed by atoms with E-state index in [-0.39, 0.29) is 18.9 Å². The lowest BCUT2D eigenvalue weighted by Gasteiger charge is -2.38. The largest absolute Gasteiger partial charge is 0.455 e. The van der Waals surface area contributed by atoms with E-state index in [0.29, 0.717) is 12.8 Å². The molecule has 0 atom stereocenters. The van der Waals surface area contributed by atoms with Gasteiger partial charge in [0.1, 0.15) is 5.54 Å². The van der Waals surface area contributed by atoms with Crippen molar-refractivity contribution in [1.29, 1.82) is 5.26 Å². The molecule has 0 N–H and O–H groups in total. The molecule has 5 nitrogen and oxygen atoms in total. The molecule has 0 spiro atoms. The van der Waals surface area contributed by atoms with Crippen molar-refractivity contribution in [1.82, 2.24) is 4.90 Å². The summed E-state index contributed by atoms with van der Waals surface area (Å²) >= 11 is 0. The number of nitriles is 1. The summed E-state index contributed by atoms with van der Waals surface area (Å²) in [5, 5.41) is 11.6. The molecule has 1 aliphatic carbocycles. The van der Waals surface area contributed by atoms with E-state index in [9.17, 15) is 14.9 Å². The number of likely N-dealkylation sites (N-methyl/N-ethyl adjacent to an activating group) is 1. The van der Waals surface area contributed by atoms with Gasteiger partial charge in [-0.15, -0.1) is 0 Å². The maximum Gasteiger partial charge on any atom is 0.310 e. The molecule has 1 amide bonds. The Hall–Kier alpha value is -2.87. The first-order chi connectivity index (χ1) is 13.1. The number of fused-ring (bicyclic) bond motifs is 1. The number of esters is 1. The minimum atomic E-state index is -0.766. The topological polar surface area (TPSA) is 70.4 Å². The monoisotopic (exact) mass is 364 g/mol. The maximum absolute atomic E-state index is 12.5. The molecule has 0 aromatic heterocycles. The highest BCUT2D eigenvalue weighted by Gasteiger charge is 2.38. The van der Waals surface area contributed by atoms with Crippen LogP contribution in [0.4, 0.5) is 0 Å². The lowest BCUT2D eigenvalue weighted by molar-refractivity contribution is -0.153. The summed E-state index contributed by atoms with van der Waals surface area (Å²) in [7, 11) is 1.63. The van der Waals surface area contributed by atoms with E-state index in [4.69, 9.17) is 4.74 Å². The highest BCUT2D eigenvalue weighted by Crippen LogP contribution is 2.32. The van der Waals surface area contributed by atoms with E-state index in [0.717, 1.165) is 35.6 Å². The number of hydrogen-bond donors (Lipinski definition) is 0. The Labute approximate surface area is 159 Å². The van der Waals surface area contributed by atoms with Crippen LogP contribution in [0.15, 0.2) is 42.5 Å². The third kappa shape index (κ3) is 4.11. The second kappa shape index (κ2) is 8.22. The van der Waals surface area contributed by atoms with Crippen LogP contribution in [0.5, 0.6) is 0 Å². The first-order valence-corrected chi connectivity index (χ1v) is 9.36. The Morgan fingerprint density at radius 2 is 1.81 bits per heavy atom. The van der Waals surface area contributed by atoms with Gasteiger partial charge in [0.25, 0.3) is 5.91 Å². The molecular weight excluding hydrogens is 340 g/mol. The molecule has 0 radical (unpaired) electrons. The number of carbonyl (C=O) groups is 2. The summed E-state index contributed by atoms with van der Waals surface area (Å²) in [5.74, 6) is -0.771. The molecule has 0 saturated heterocycles. The summed E-state index contributed by atoms with van der Waals surface area (Å²) in [4.78, 5) is 26.2. The smallest absolute Gasteiger partial charge is 0.310 e. The van der Waals surface area contributed by atoms with Crippen LogP contribution < -0.4 is 0 Å². The number of ether oxygens (including phenoxy) is 1. The number of hydrogen-bond acceptors (Lipinski definition) is 4. The maximum atomic E-state index is 12.5. The Kier molecular flexibility index (Phi) is 5.75. The summed E-state index contributed by atoms with van der Waals surface area (Å²) in [6, 6.07) is 16.0. The lowest BCUT2D eigenvalue weighted by atomic mass is 9.81. The average molecular weight is 364 g/mol. The molecule has 2 aromatic carbocycles. The predicted molar refractivity (Wildman–Crippen MR) is 103 cm³/mol. The van der Waals surface area contributed by atoms with Gasteiger partial charge in [-0.1, -0.05) is 61.7 Å². The van der Waals surface area contributed by atoms with Gasteiger partial charge < -0.3 is 9.64 Å². The molecular formula is C22H24N2O3. The Morgan fingerprint density at radius 3 is 2.56 bits per heavy atom. The van der Waals surface area contributed by atoms with Crippen molar-refractivity contribution in [2.75, 3.05) is 13.7 Å². The third-order valence-electron chi connectivity index (χ3n) is 5.48. The van der Waals surface area contributed by atoms with Gasteiger partial charge in [0, 0.05) is 7.05 Å². The van der Waals surface area contributed by atoms with E-state index in [1.807, 2.05) is 42.5 Å². The van der Waals surface area contributed by atoms with Crippen molar-refractivity contribution in [2.45, 2.75) is 44.1 Å². The zero-order chi connectivity index (χ0) is 19.3. The van der Waals surface area contributed by atoms with Crippen LogP contribution in [0.25, 0.3) is 10.8 Å². The summed E-state index contributed by atoms with van der Waals surface area (Å²) < 4.78 is 5.22. The molecule has 1 saturated carbocycles. The zero-order valence-corrected chi connectivity index (χ0v) is 15.6. The number of carbonyl (C=O) groups excluding carboxylic acids is 2. The van der Waals surface area contributed by atoms with Crippen molar-refractivity contribution >= 4 is 22.6 Å². The van der Waals surface area contributed by atoms with Crippen LogP contribution in [-0.2, 0) is 20.7 Å². The van der Waals surface area contributed by atoms with Crippen LogP contribution in [0.1, 0.15) is 37.7 Å². The first-order valence-electron chi connectivity index (χ1n) is 9.36. The van der Waals surface area contributed by atoms with Crippen LogP contribution in [0.3, 0.4) is 0 Å². The second-order valence-electron chi connectivity index (χ2n) is 7.13. The minimum absolute atomic E-state index is 0.113. The van der Waals surface area contributed by atoms with E-state index < -0.39 is 11.5 Å². The fraction of sp³-hybridized carbons (Fsp3) is 0.409. The summed E-state index contributed by atoms with van der Waals surface area (Å²) in [6.07, 6.45) is 4.43. The van der Waals surface area contributed by atoms with E-state index >= 15 is 0 Å². The van der Waals surface area contributed by atoms with Crippen LogP contribution in [0, 0.1) is 11.3 Å². The van der Waals surface area contributed by atoms with Gasteiger partial charge in [-0.3, -0.25) is 9.59 Å². The van der Waals surface area contributed by atoms with Crippen LogP contribution >= 0.6 is 0 Å². The standard InChI is InChI=1S/C22H24N2O3/c1-24(22(16-23)12-5-2-6-13-22)20(25)15-27-21(26)14-18-10-7-9-17-8-3-4-11-19(17)18/h3-4,7-11H,2,5-6,12-15H2,1H3. The molecule has 1 aliphatic rings. The molecule has 3 rings (SSSR count). The van der Waals surface area contributed by atoms with Gasteiger partial charge in [-0.05, 0) is 29.2 Å². The molecule has 0 bridgehead atoms. The number of rotatable bonds is 5. The molecule has 1 fully saturated rings.